The first-order chi connectivity index (χ1) is 7.77. The Morgan fingerprint density at radius 1 is 1.59 bits per heavy atom. The van der Waals surface area contributed by atoms with Gasteiger partial charge in [0.2, 0.25) is 0 Å². The minimum absolute atomic E-state index is 0.108. The maximum absolute atomic E-state index is 12.5. The molecule has 1 heterocycles. The Balaban J connectivity index is 3.17. The average molecular weight is 269 g/mol. The van der Waals surface area contributed by atoms with E-state index in [1.54, 1.807) is 6.92 Å². The molecular formula is C9H10F3NO3S. The number of hydrogen-bond donors (Lipinski definition) is 1. The first-order valence-electron chi connectivity index (χ1n) is 4.57. The van der Waals surface area contributed by atoms with Gasteiger partial charge in [-0.2, -0.15) is 13.2 Å². The van der Waals surface area contributed by atoms with Crippen molar-refractivity contribution >= 4 is 17.3 Å². The predicted molar refractivity (Wildman–Crippen MR) is 54.4 cm³/mol. The van der Waals surface area contributed by atoms with Crippen molar-refractivity contribution in [2.24, 2.45) is 0 Å². The number of carbonyl (C=O) groups is 1. The summed E-state index contributed by atoms with van der Waals surface area (Å²) in [6, 6.07) is 0. The fourth-order valence-corrected chi connectivity index (χ4v) is 2.17. The van der Waals surface area contributed by atoms with Crippen molar-refractivity contribution in [1.82, 2.24) is 4.98 Å². The summed E-state index contributed by atoms with van der Waals surface area (Å²) in [5, 5.41) is 8.80. The molecule has 0 saturated carbocycles. The molecule has 1 aromatic heterocycles. The zero-order valence-corrected chi connectivity index (χ0v) is 9.85. The van der Waals surface area contributed by atoms with Crippen molar-refractivity contribution in [3.05, 3.63) is 15.6 Å². The summed E-state index contributed by atoms with van der Waals surface area (Å²) < 4.78 is 42.4. The maximum atomic E-state index is 12.5. The molecule has 0 saturated heterocycles. The third kappa shape index (κ3) is 3.16. The van der Waals surface area contributed by atoms with Gasteiger partial charge in [-0.05, 0) is 0 Å². The van der Waals surface area contributed by atoms with Gasteiger partial charge < -0.3 is 9.84 Å². The van der Waals surface area contributed by atoms with Crippen LogP contribution in [0.1, 0.15) is 33.2 Å². The third-order valence-corrected chi connectivity index (χ3v) is 3.22. The predicted octanol–water partition coefficient (Wildman–Crippen LogP) is 2.61. The number of methoxy groups -OCH3 is 1. The van der Waals surface area contributed by atoms with Crippen molar-refractivity contribution in [3.8, 4) is 0 Å². The lowest BCUT2D eigenvalue weighted by molar-refractivity contribution is -0.141. The first-order valence-corrected chi connectivity index (χ1v) is 5.39. The molecular weight excluding hydrogens is 259 g/mol. The number of aromatic nitrogens is 1. The van der Waals surface area contributed by atoms with Crippen LogP contribution in [-0.2, 0) is 10.9 Å². The van der Waals surface area contributed by atoms with Gasteiger partial charge in [-0.1, -0.05) is 6.92 Å². The Kier molecular flexibility index (Phi) is 4.10. The van der Waals surface area contributed by atoms with Gasteiger partial charge in [0.1, 0.15) is 4.88 Å². The topological polar surface area (TPSA) is 59.4 Å². The molecule has 0 aliphatic rings. The number of ether oxygens (including phenoxy) is 1. The van der Waals surface area contributed by atoms with Crippen LogP contribution >= 0.6 is 11.3 Å². The molecule has 0 aliphatic heterocycles. The molecule has 0 aromatic carbocycles. The number of hydrogen-bond acceptors (Lipinski definition) is 4. The molecule has 0 radical (unpaired) electrons. The van der Waals surface area contributed by atoms with Crippen LogP contribution in [0.15, 0.2) is 0 Å². The van der Waals surface area contributed by atoms with E-state index >= 15 is 0 Å². The highest BCUT2D eigenvalue weighted by molar-refractivity contribution is 7.13. The average Bonchev–Trinajstić information content (AvgIpc) is 2.61. The highest BCUT2D eigenvalue weighted by Crippen LogP contribution is 2.36. The normalized spacial score (nSPS) is 13.7. The summed E-state index contributed by atoms with van der Waals surface area (Å²) in [7, 11) is 1.41. The van der Waals surface area contributed by atoms with Crippen LogP contribution in [-0.4, -0.2) is 29.8 Å². The number of aromatic carboxylic acids is 1. The Morgan fingerprint density at radius 3 is 2.53 bits per heavy atom. The standard InChI is InChI=1S/C9H10F3NO3S/c1-4(3-16-2)7-13-6(9(10,11)12)5(17-7)8(14)15/h4H,3H2,1-2H3,(H,14,15). The van der Waals surface area contributed by atoms with Gasteiger partial charge in [0, 0.05) is 13.0 Å². The molecule has 1 atom stereocenters. The lowest BCUT2D eigenvalue weighted by Gasteiger charge is -2.05. The fourth-order valence-electron chi connectivity index (χ4n) is 1.21. The van der Waals surface area contributed by atoms with Crippen LogP contribution < -0.4 is 0 Å². The van der Waals surface area contributed by atoms with E-state index in [0.29, 0.717) is 11.3 Å². The summed E-state index contributed by atoms with van der Waals surface area (Å²) in [6.07, 6.45) is -4.75. The van der Waals surface area contributed by atoms with Gasteiger partial charge in [-0.3, -0.25) is 0 Å². The Labute approximate surface area is 99.0 Å². The minimum atomic E-state index is -4.75. The summed E-state index contributed by atoms with van der Waals surface area (Å²) in [5.74, 6) is -2.00. The van der Waals surface area contributed by atoms with E-state index in [2.05, 4.69) is 4.98 Å². The summed E-state index contributed by atoms with van der Waals surface area (Å²) in [6.45, 7) is 1.80. The van der Waals surface area contributed by atoms with Crippen LogP contribution in [0.4, 0.5) is 13.2 Å². The lowest BCUT2D eigenvalue weighted by atomic mass is 10.2. The highest BCUT2D eigenvalue weighted by atomic mass is 32.1. The minimum Gasteiger partial charge on any atom is -0.477 e. The number of alkyl halides is 3. The lowest BCUT2D eigenvalue weighted by Crippen LogP contribution is -2.11. The number of halogens is 3. The largest absolute Gasteiger partial charge is 0.477 e. The summed E-state index contributed by atoms with van der Waals surface area (Å²) in [4.78, 5) is 13.3. The quantitative estimate of drug-likeness (QED) is 0.912. The van der Waals surface area contributed by atoms with E-state index in [1.165, 1.54) is 7.11 Å². The fraction of sp³-hybridized carbons (Fsp3) is 0.556. The molecule has 4 nitrogen and oxygen atoms in total. The SMILES string of the molecule is COCC(C)c1nc(C(F)(F)F)c(C(=O)O)s1. The first kappa shape index (κ1) is 13.9. The van der Waals surface area contributed by atoms with Crippen LogP contribution in [0.2, 0.25) is 0 Å². The van der Waals surface area contributed by atoms with Crippen LogP contribution in [0.3, 0.4) is 0 Å². The summed E-state index contributed by atoms with van der Waals surface area (Å²) in [5.41, 5.74) is -1.34. The van der Waals surface area contributed by atoms with Crippen molar-refractivity contribution in [2.45, 2.75) is 19.0 Å². The zero-order valence-electron chi connectivity index (χ0n) is 9.04. The van der Waals surface area contributed by atoms with Crippen LogP contribution in [0.5, 0.6) is 0 Å². The second-order valence-corrected chi connectivity index (χ2v) is 4.42. The molecule has 17 heavy (non-hydrogen) atoms. The second-order valence-electron chi connectivity index (χ2n) is 3.39. The third-order valence-electron chi connectivity index (χ3n) is 1.94. The molecule has 1 N–H and O–H groups in total. The molecule has 0 amide bonds. The highest BCUT2D eigenvalue weighted by Gasteiger charge is 2.40. The van der Waals surface area contributed by atoms with Crippen LogP contribution in [0, 0.1) is 0 Å². The van der Waals surface area contributed by atoms with E-state index in [1.807, 2.05) is 0 Å². The molecule has 96 valence electrons. The maximum Gasteiger partial charge on any atom is 0.435 e. The number of carboxylic acids is 1. The Bertz CT molecular complexity index is 416. The summed E-state index contributed by atoms with van der Waals surface area (Å²) >= 11 is 0.532. The zero-order chi connectivity index (χ0) is 13.2. The number of carboxylic acid groups (broad SMARTS) is 1. The van der Waals surface area contributed by atoms with E-state index in [-0.39, 0.29) is 17.5 Å². The van der Waals surface area contributed by atoms with E-state index in [0.717, 1.165) is 0 Å². The van der Waals surface area contributed by atoms with Crippen LogP contribution in [0.25, 0.3) is 0 Å². The van der Waals surface area contributed by atoms with E-state index in [4.69, 9.17) is 9.84 Å². The Morgan fingerprint density at radius 2 is 2.18 bits per heavy atom. The number of thiazole rings is 1. The monoisotopic (exact) mass is 269 g/mol. The van der Waals surface area contributed by atoms with Crippen molar-refractivity contribution in [1.29, 1.82) is 0 Å². The molecule has 0 spiro atoms. The second kappa shape index (κ2) is 5.01. The molecule has 0 bridgehead atoms. The van der Waals surface area contributed by atoms with Gasteiger partial charge in [-0.25, -0.2) is 9.78 Å². The van der Waals surface area contributed by atoms with E-state index in [9.17, 15) is 18.0 Å². The van der Waals surface area contributed by atoms with Crippen molar-refractivity contribution < 1.29 is 27.8 Å². The van der Waals surface area contributed by atoms with Gasteiger partial charge >= 0.3 is 12.1 Å². The Hall–Kier alpha value is -1.15. The molecule has 1 unspecified atom stereocenters. The number of rotatable bonds is 4. The van der Waals surface area contributed by atoms with Crippen molar-refractivity contribution in [3.63, 3.8) is 0 Å². The molecule has 1 rings (SSSR count). The molecule has 8 heteroatoms. The molecule has 1 aromatic rings. The smallest absolute Gasteiger partial charge is 0.435 e. The van der Waals surface area contributed by atoms with Gasteiger partial charge in [0.15, 0.2) is 5.69 Å². The van der Waals surface area contributed by atoms with Gasteiger partial charge in [0.25, 0.3) is 0 Å². The molecule has 0 aliphatic carbocycles. The van der Waals surface area contributed by atoms with E-state index < -0.39 is 22.7 Å². The van der Waals surface area contributed by atoms with Gasteiger partial charge in [0.05, 0.1) is 11.6 Å². The number of nitrogens with zero attached hydrogens (tertiary/aromatic N) is 1. The molecule has 0 fully saturated rings. The van der Waals surface area contributed by atoms with Crippen molar-refractivity contribution in [2.75, 3.05) is 13.7 Å². The van der Waals surface area contributed by atoms with Gasteiger partial charge in [-0.15, -0.1) is 11.3 Å².